The van der Waals surface area contributed by atoms with Crippen LogP contribution in [0.25, 0.3) is 5.69 Å². The third-order valence-corrected chi connectivity index (χ3v) is 4.34. The van der Waals surface area contributed by atoms with E-state index in [0.29, 0.717) is 16.1 Å². The Bertz CT molecular complexity index is 599. The van der Waals surface area contributed by atoms with Crippen molar-refractivity contribution in [2.24, 2.45) is 0 Å². The summed E-state index contributed by atoms with van der Waals surface area (Å²) >= 11 is 2.95. The lowest BCUT2D eigenvalue weighted by atomic mass is 10.2. The largest absolute Gasteiger partial charge is 0.303 e. The molecule has 4 nitrogen and oxygen atoms in total. The minimum atomic E-state index is 0.551. The molecule has 0 radical (unpaired) electrons. The summed E-state index contributed by atoms with van der Waals surface area (Å²) in [5.74, 6) is 0.878. The van der Waals surface area contributed by atoms with E-state index in [1.165, 1.54) is 11.3 Å². The van der Waals surface area contributed by atoms with E-state index in [1.54, 1.807) is 35.0 Å². The zero-order chi connectivity index (χ0) is 12.3. The molecule has 17 heavy (non-hydrogen) atoms. The Morgan fingerprint density at radius 2 is 2.29 bits per heavy atom. The average molecular weight is 260 g/mol. The van der Waals surface area contributed by atoms with Crippen LogP contribution in [0.3, 0.4) is 0 Å². The molecule has 2 aromatic heterocycles. The first kappa shape index (κ1) is 11.7. The highest BCUT2D eigenvalue weighted by molar-refractivity contribution is 8.01. The van der Waals surface area contributed by atoms with Gasteiger partial charge in [-0.05, 0) is 5.75 Å². The van der Waals surface area contributed by atoms with Crippen molar-refractivity contribution in [3.63, 3.8) is 0 Å². The minimum Gasteiger partial charge on any atom is -0.303 e. The molecule has 0 fully saturated rings. The SMILES string of the molecule is CCSc1sc(C#N)c(-n2ccnc2)c1C#N. The van der Waals surface area contributed by atoms with Crippen molar-refractivity contribution in [1.82, 2.24) is 9.55 Å². The van der Waals surface area contributed by atoms with Gasteiger partial charge < -0.3 is 4.57 Å². The van der Waals surface area contributed by atoms with Crippen LogP contribution in [-0.2, 0) is 0 Å². The molecule has 2 heterocycles. The Balaban J connectivity index is 2.65. The van der Waals surface area contributed by atoms with E-state index in [2.05, 4.69) is 17.1 Å². The zero-order valence-corrected chi connectivity index (χ0v) is 10.7. The fourth-order valence-corrected chi connectivity index (χ4v) is 3.61. The van der Waals surface area contributed by atoms with E-state index in [4.69, 9.17) is 5.26 Å². The highest BCUT2D eigenvalue weighted by Crippen LogP contribution is 2.37. The highest BCUT2D eigenvalue weighted by atomic mass is 32.2. The Morgan fingerprint density at radius 1 is 1.47 bits per heavy atom. The van der Waals surface area contributed by atoms with Crippen LogP contribution in [0.2, 0.25) is 0 Å². The first-order chi connectivity index (χ1) is 8.31. The van der Waals surface area contributed by atoms with E-state index in [9.17, 15) is 5.26 Å². The molecule has 0 unspecified atom stereocenters. The van der Waals surface area contributed by atoms with Crippen LogP contribution in [0.4, 0.5) is 0 Å². The number of thiophene rings is 1. The van der Waals surface area contributed by atoms with Crippen molar-refractivity contribution in [3.8, 4) is 17.8 Å². The van der Waals surface area contributed by atoms with Gasteiger partial charge in [0.05, 0.1) is 16.2 Å². The van der Waals surface area contributed by atoms with Crippen LogP contribution in [0.1, 0.15) is 17.4 Å². The molecule has 0 spiro atoms. The third kappa shape index (κ3) is 2.05. The van der Waals surface area contributed by atoms with Gasteiger partial charge in [-0.2, -0.15) is 10.5 Å². The number of aromatic nitrogens is 2. The number of nitriles is 2. The van der Waals surface area contributed by atoms with Crippen LogP contribution >= 0.6 is 23.1 Å². The van der Waals surface area contributed by atoms with Crippen LogP contribution in [-0.4, -0.2) is 15.3 Å². The quantitative estimate of drug-likeness (QED) is 0.796. The van der Waals surface area contributed by atoms with Crippen molar-refractivity contribution in [3.05, 3.63) is 29.2 Å². The molecule has 0 aliphatic heterocycles. The number of imidazole rings is 1. The highest BCUT2D eigenvalue weighted by Gasteiger charge is 2.19. The molecule has 0 aromatic carbocycles. The lowest BCUT2D eigenvalue weighted by Gasteiger charge is -2.00. The molecule has 6 heteroatoms. The summed E-state index contributed by atoms with van der Waals surface area (Å²) in [5.41, 5.74) is 1.21. The predicted octanol–water partition coefficient (Wildman–Crippen LogP) is 2.79. The summed E-state index contributed by atoms with van der Waals surface area (Å²) in [5, 5.41) is 18.4. The van der Waals surface area contributed by atoms with Gasteiger partial charge in [0, 0.05) is 12.4 Å². The Labute approximate surface area is 107 Å². The number of hydrogen-bond donors (Lipinski definition) is 0. The lowest BCUT2D eigenvalue weighted by molar-refractivity contribution is 1.05. The van der Waals surface area contributed by atoms with Crippen LogP contribution in [0.5, 0.6) is 0 Å². The molecule has 0 atom stereocenters. The monoisotopic (exact) mass is 260 g/mol. The standard InChI is InChI=1S/C11H8N4S2/c1-2-16-11-8(5-12)10(9(6-13)17-11)15-4-3-14-7-15/h3-4,7H,2H2,1H3. The lowest BCUT2D eigenvalue weighted by Crippen LogP contribution is -1.93. The smallest absolute Gasteiger partial charge is 0.131 e. The number of rotatable bonds is 3. The van der Waals surface area contributed by atoms with E-state index in [0.717, 1.165) is 9.96 Å². The summed E-state index contributed by atoms with van der Waals surface area (Å²) in [4.78, 5) is 4.50. The van der Waals surface area contributed by atoms with Gasteiger partial charge in [0.1, 0.15) is 22.6 Å². The minimum absolute atomic E-state index is 0.551. The fourth-order valence-electron chi connectivity index (χ4n) is 1.45. The first-order valence-electron chi connectivity index (χ1n) is 4.90. The Kier molecular flexibility index (Phi) is 3.48. The normalized spacial score (nSPS) is 9.82. The first-order valence-corrected chi connectivity index (χ1v) is 6.70. The average Bonchev–Trinajstić information content (AvgIpc) is 2.95. The molecule has 0 saturated heterocycles. The maximum absolute atomic E-state index is 9.23. The van der Waals surface area contributed by atoms with Crippen LogP contribution in [0, 0.1) is 22.7 Å². The molecule has 84 valence electrons. The number of nitrogens with zero attached hydrogens (tertiary/aromatic N) is 4. The Morgan fingerprint density at radius 3 is 2.82 bits per heavy atom. The molecule has 2 rings (SSSR count). The van der Waals surface area contributed by atoms with Gasteiger partial charge in [-0.25, -0.2) is 4.98 Å². The van der Waals surface area contributed by atoms with Crippen LogP contribution in [0.15, 0.2) is 22.9 Å². The fraction of sp³-hybridized carbons (Fsp3) is 0.182. The van der Waals surface area contributed by atoms with Gasteiger partial charge in [0.15, 0.2) is 0 Å². The molecule has 0 saturated carbocycles. The summed E-state index contributed by atoms with van der Waals surface area (Å²) in [6.07, 6.45) is 4.97. The predicted molar refractivity (Wildman–Crippen MR) is 67.3 cm³/mol. The van der Waals surface area contributed by atoms with Gasteiger partial charge >= 0.3 is 0 Å². The summed E-state index contributed by atoms with van der Waals surface area (Å²) in [7, 11) is 0. The molecule has 0 amide bonds. The Hall–Kier alpha value is -1.76. The third-order valence-electron chi connectivity index (χ3n) is 2.10. The molecular weight excluding hydrogens is 252 g/mol. The molecule has 0 N–H and O–H groups in total. The molecule has 0 aliphatic rings. The molecular formula is C11H8N4S2. The maximum atomic E-state index is 9.23. The molecule has 0 aliphatic carbocycles. The van der Waals surface area contributed by atoms with E-state index in [1.807, 2.05) is 6.92 Å². The second-order valence-electron chi connectivity index (χ2n) is 3.07. The van der Waals surface area contributed by atoms with Gasteiger partial charge in [-0.15, -0.1) is 23.1 Å². The topological polar surface area (TPSA) is 65.4 Å². The van der Waals surface area contributed by atoms with Crippen molar-refractivity contribution >= 4 is 23.1 Å². The van der Waals surface area contributed by atoms with E-state index in [-0.39, 0.29) is 0 Å². The zero-order valence-electron chi connectivity index (χ0n) is 9.04. The van der Waals surface area contributed by atoms with Crippen molar-refractivity contribution in [1.29, 1.82) is 10.5 Å². The summed E-state index contributed by atoms with van der Waals surface area (Å²) < 4.78 is 2.61. The van der Waals surface area contributed by atoms with Gasteiger partial charge in [-0.3, -0.25) is 0 Å². The van der Waals surface area contributed by atoms with E-state index >= 15 is 0 Å². The number of hydrogen-bond acceptors (Lipinski definition) is 5. The summed E-state index contributed by atoms with van der Waals surface area (Å²) in [6.45, 7) is 2.02. The van der Waals surface area contributed by atoms with Gasteiger partial charge in [-0.1, -0.05) is 6.92 Å². The summed E-state index contributed by atoms with van der Waals surface area (Å²) in [6, 6.07) is 4.32. The number of thioether (sulfide) groups is 1. The second kappa shape index (κ2) is 5.05. The maximum Gasteiger partial charge on any atom is 0.131 e. The van der Waals surface area contributed by atoms with Crippen LogP contribution < -0.4 is 0 Å². The van der Waals surface area contributed by atoms with Crippen molar-refractivity contribution in [2.45, 2.75) is 11.1 Å². The van der Waals surface area contributed by atoms with Crippen molar-refractivity contribution in [2.75, 3.05) is 5.75 Å². The molecule has 0 bridgehead atoms. The second-order valence-corrected chi connectivity index (χ2v) is 5.62. The van der Waals surface area contributed by atoms with Gasteiger partial charge in [0.25, 0.3) is 0 Å². The van der Waals surface area contributed by atoms with E-state index < -0.39 is 0 Å². The molecule has 2 aromatic rings. The van der Waals surface area contributed by atoms with Gasteiger partial charge in [0.2, 0.25) is 0 Å². The van der Waals surface area contributed by atoms with Crippen molar-refractivity contribution < 1.29 is 0 Å².